The van der Waals surface area contributed by atoms with Crippen molar-refractivity contribution in [1.29, 1.82) is 0 Å². The summed E-state index contributed by atoms with van der Waals surface area (Å²) >= 11 is 5.79. The third-order valence-electron chi connectivity index (χ3n) is 2.38. The third-order valence-corrected chi connectivity index (χ3v) is 2.72. The average Bonchev–Trinajstić information content (AvgIpc) is 2.76. The molecule has 6 nitrogen and oxygen atoms in total. The van der Waals surface area contributed by atoms with Crippen molar-refractivity contribution < 1.29 is 23.1 Å². The molecule has 0 fully saturated rings. The van der Waals surface area contributed by atoms with Crippen molar-refractivity contribution in [2.24, 2.45) is 0 Å². The maximum Gasteiger partial charge on any atom is 0.435 e. The fourth-order valence-corrected chi connectivity index (χ4v) is 1.72. The van der Waals surface area contributed by atoms with Crippen LogP contribution in [0.5, 0.6) is 0 Å². The Morgan fingerprint density at radius 1 is 1.45 bits per heavy atom. The predicted molar refractivity (Wildman–Crippen MR) is 60.3 cm³/mol. The minimum Gasteiger partial charge on any atom is -0.476 e. The molecule has 0 amide bonds. The van der Waals surface area contributed by atoms with E-state index in [1.807, 2.05) is 0 Å². The van der Waals surface area contributed by atoms with E-state index >= 15 is 0 Å². The molecule has 2 aromatic heterocycles. The average molecular weight is 307 g/mol. The quantitative estimate of drug-likeness (QED) is 0.939. The van der Waals surface area contributed by atoms with Crippen LogP contribution in [-0.2, 0) is 12.7 Å². The number of hydrogen-bond donors (Lipinski definition) is 1. The van der Waals surface area contributed by atoms with Crippen molar-refractivity contribution in [3.05, 3.63) is 40.4 Å². The standard InChI is InChI=1S/C10H6ClF3N4O2/c11-6-3-15-2-1-5(6)4-18-8(10(12,13)14)7(9(19)20)16-17-18/h1-3H,4H2,(H,19,20). The van der Waals surface area contributed by atoms with Crippen LogP contribution in [0.4, 0.5) is 13.2 Å². The summed E-state index contributed by atoms with van der Waals surface area (Å²) in [7, 11) is 0. The van der Waals surface area contributed by atoms with Crippen molar-refractivity contribution in [2.75, 3.05) is 0 Å². The van der Waals surface area contributed by atoms with Crippen LogP contribution in [-0.4, -0.2) is 31.1 Å². The number of carboxylic acid groups (broad SMARTS) is 1. The highest BCUT2D eigenvalue weighted by Gasteiger charge is 2.41. The number of halogens is 4. The molecule has 0 spiro atoms. The molecule has 0 atom stereocenters. The van der Waals surface area contributed by atoms with Crippen LogP contribution >= 0.6 is 11.6 Å². The first-order valence-electron chi connectivity index (χ1n) is 5.13. The van der Waals surface area contributed by atoms with Gasteiger partial charge in [-0.3, -0.25) is 4.98 Å². The molecular formula is C10H6ClF3N4O2. The Balaban J connectivity index is 2.48. The molecule has 10 heteroatoms. The molecule has 0 aromatic carbocycles. The second-order valence-electron chi connectivity index (χ2n) is 3.71. The van der Waals surface area contributed by atoms with E-state index in [9.17, 15) is 18.0 Å². The summed E-state index contributed by atoms with van der Waals surface area (Å²) in [6, 6.07) is 1.41. The van der Waals surface area contributed by atoms with Gasteiger partial charge in [0.05, 0.1) is 11.6 Å². The Hall–Kier alpha value is -2.16. The van der Waals surface area contributed by atoms with Crippen molar-refractivity contribution in [3.63, 3.8) is 0 Å². The summed E-state index contributed by atoms with van der Waals surface area (Å²) in [6.45, 7) is -0.365. The first-order valence-corrected chi connectivity index (χ1v) is 5.51. The van der Waals surface area contributed by atoms with Crippen molar-refractivity contribution in [3.8, 4) is 0 Å². The number of rotatable bonds is 3. The fourth-order valence-electron chi connectivity index (χ4n) is 1.54. The molecule has 1 N–H and O–H groups in total. The minimum absolute atomic E-state index is 0.146. The van der Waals surface area contributed by atoms with Crippen LogP contribution < -0.4 is 0 Å². The molecule has 0 aliphatic rings. The van der Waals surface area contributed by atoms with Gasteiger partial charge in [-0.2, -0.15) is 13.2 Å². The second-order valence-corrected chi connectivity index (χ2v) is 4.12. The maximum atomic E-state index is 12.9. The molecule has 0 radical (unpaired) electrons. The Bertz CT molecular complexity index is 656. The van der Waals surface area contributed by atoms with Gasteiger partial charge < -0.3 is 5.11 Å². The number of alkyl halides is 3. The molecule has 2 aromatic rings. The molecule has 0 unspecified atom stereocenters. The first kappa shape index (κ1) is 14.3. The lowest BCUT2D eigenvalue weighted by Crippen LogP contribution is -2.19. The zero-order chi connectivity index (χ0) is 14.9. The summed E-state index contributed by atoms with van der Waals surface area (Å²) in [5.41, 5.74) is -2.27. The molecule has 20 heavy (non-hydrogen) atoms. The van der Waals surface area contributed by atoms with Gasteiger partial charge in [-0.1, -0.05) is 16.8 Å². The highest BCUT2D eigenvalue weighted by molar-refractivity contribution is 6.31. The molecule has 0 aliphatic heterocycles. The Morgan fingerprint density at radius 3 is 2.70 bits per heavy atom. The van der Waals surface area contributed by atoms with Crippen molar-refractivity contribution >= 4 is 17.6 Å². The normalized spacial score (nSPS) is 11.6. The van der Waals surface area contributed by atoms with Gasteiger partial charge in [0.2, 0.25) is 5.69 Å². The lowest BCUT2D eigenvalue weighted by molar-refractivity contribution is -0.144. The smallest absolute Gasteiger partial charge is 0.435 e. The van der Waals surface area contributed by atoms with Crippen LogP contribution in [0.2, 0.25) is 5.02 Å². The summed E-state index contributed by atoms with van der Waals surface area (Å²) in [5.74, 6) is -1.80. The zero-order valence-corrected chi connectivity index (χ0v) is 10.4. The van der Waals surface area contributed by atoms with E-state index < -0.39 is 23.5 Å². The van der Waals surface area contributed by atoms with E-state index in [0.29, 0.717) is 10.2 Å². The van der Waals surface area contributed by atoms with Crippen molar-refractivity contribution in [2.45, 2.75) is 12.7 Å². The van der Waals surface area contributed by atoms with E-state index in [1.54, 1.807) is 0 Å². The van der Waals surface area contributed by atoms with E-state index in [4.69, 9.17) is 16.7 Å². The summed E-state index contributed by atoms with van der Waals surface area (Å²) < 4.78 is 39.1. The number of carbonyl (C=O) groups is 1. The predicted octanol–water partition coefficient (Wildman–Crippen LogP) is 2.09. The summed E-state index contributed by atoms with van der Waals surface area (Å²) in [6.07, 6.45) is -2.28. The Labute approximate surface area is 114 Å². The minimum atomic E-state index is -4.89. The van der Waals surface area contributed by atoms with Gasteiger partial charge in [0.15, 0.2) is 5.69 Å². The van der Waals surface area contributed by atoms with Gasteiger partial charge in [-0.15, -0.1) is 5.10 Å². The first-order chi connectivity index (χ1) is 9.30. The molecule has 0 saturated carbocycles. The van der Waals surface area contributed by atoms with Crippen molar-refractivity contribution in [1.82, 2.24) is 20.0 Å². The van der Waals surface area contributed by atoms with Gasteiger partial charge in [0, 0.05) is 12.4 Å². The highest BCUT2D eigenvalue weighted by atomic mass is 35.5. The second kappa shape index (κ2) is 5.08. The fraction of sp³-hybridized carbons (Fsp3) is 0.200. The van der Waals surface area contributed by atoms with Gasteiger partial charge in [-0.05, 0) is 11.6 Å². The molecule has 0 bridgehead atoms. The monoisotopic (exact) mass is 306 g/mol. The lowest BCUT2D eigenvalue weighted by atomic mass is 10.2. The molecule has 0 aliphatic carbocycles. The van der Waals surface area contributed by atoms with Crippen LogP contribution in [0.25, 0.3) is 0 Å². The van der Waals surface area contributed by atoms with Crippen LogP contribution in [0.3, 0.4) is 0 Å². The molecule has 2 heterocycles. The van der Waals surface area contributed by atoms with E-state index in [-0.39, 0.29) is 11.6 Å². The van der Waals surface area contributed by atoms with E-state index in [2.05, 4.69) is 15.3 Å². The number of nitrogens with zero attached hydrogens (tertiary/aromatic N) is 4. The number of pyridine rings is 1. The number of aromatic carboxylic acids is 1. The number of aromatic nitrogens is 4. The van der Waals surface area contributed by atoms with E-state index in [1.165, 1.54) is 18.5 Å². The highest BCUT2D eigenvalue weighted by Crippen LogP contribution is 2.31. The van der Waals surface area contributed by atoms with Gasteiger partial charge in [0.25, 0.3) is 0 Å². The SMILES string of the molecule is O=C(O)c1nnn(Cc2ccncc2Cl)c1C(F)(F)F. The summed E-state index contributed by atoms with van der Waals surface area (Å²) in [4.78, 5) is 14.4. The number of hydrogen-bond acceptors (Lipinski definition) is 4. The van der Waals surface area contributed by atoms with Crippen LogP contribution in [0, 0.1) is 0 Å². The largest absolute Gasteiger partial charge is 0.476 e. The molecular weight excluding hydrogens is 301 g/mol. The Kier molecular flexibility index (Phi) is 3.62. The topological polar surface area (TPSA) is 80.9 Å². The molecule has 0 saturated heterocycles. The van der Waals surface area contributed by atoms with Gasteiger partial charge in [-0.25, -0.2) is 9.48 Å². The molecule has 106 valence electrons. The van der Waals surface area contributed by atoms with Gasteiger partial charge in [0.1, 0.15) is 0 Å². The number of carboxylic acids is 1. The zero-order valence-electron chi connectivity index (χ0n) is 9.60. The third kappa shape index (κ3) is 2.72. The Morgan fingerprint density at radius 2 is 2.15 bits per heavy atom. The van der Waals surface area contributed by atoms with Crippen LogP contribution in [0.15, 0.2) is 18.5 Å². The lowest BCUT2D eigenvalue weighted by Gasteiger charge is -2.10. The maximum absolute atomic E-state index is 12.9. The molecule has 2 rings (SSSR count). The summed E-state index contributed by atoms with van der Waals surface area (Å²) in [5, 5.41) is 15.1. The van der Waals surface area contributed by atoms with Gasteiger partial charge >= 0.3 is 12.1 Å². The van der Waals surface area contributed by atoms with Crippen LogP contribution in [0.1, 0.15) is 21.7 Å². The van der Waals surface area contributed by atoms with E-state index in [0.717, 1.165) is 0 Å².